The van der Waals surface area contributed by atoms with Gasteiger partial charge in [-0.1, -0.05) is 44.2 Å². The molecule has 0 spiro atoms. The second-order valence-electron chi connectivity index (χ2n) is 6.60. The third kappa shape index (κ3) is 4.33. The number of hydrogen-bond acceptors (Lipinski definition) is 2. The molecule has 1 atom stereocenters. The lowest BCUT2D eigenvalue weighted by Gasteiger charge is -2.22. The maximum absolute atomic E-state index is 12.5. The van der Waals surface area contributed by atoms with E-state index in [1.54, 1.807) is 4.90 Å². The van der Waals surface area contributed by atoms with Gasteiger partial charge in [-0.3, -0.25) is 9.59 Å². The van der Waals surface area contributed by atoms with Gasteiger partial charge in [-0.05, 0) is 17.9 Å². The van der Waals surface area contributed by atoms with Gasteiger partial charge in [0.05, 0.1) is 5.92 Å². The Bertz CT molecular complexity index is 513. The van der Waals surface area contributed by atoms with E-state index in [-0.39, 0.29) is 17.7 Å². The lowest BCUT2D eigenvalue weighted by Crippen LogP contribution is -2.34. The molecule has 22 heavy (non-hydrogen) atoms. The van der Waals surface area contributed by atoms with Crippen molar-refractivity contribution in [3.8, 4) is 0 Å². The molecule has 1 aliphatic heterocycles. The van der Waals surface area contributed by atoms with Crippen LogP contribution in [0.1, 0.15) is 32.3 Å². The highest BCUT2D eigenvalue weighted by Crippen LogP contribution is 2.21. The van der Waals surface area contributed by atoms with E-state index < -0.39 is 0 Å². The highest BCUT2D eigenvalue weighted by atomic mass is 16.2. The van der Waals surface area contributed by atoms with Gasteiger partial charge >= 0.3 is 0 Å². The Balaban J connectivity index is 1.89. The molecule has 1 aromatic rings. The van der Waals surface area contributed by atoms with Gasteiger partial charge in [-0.2, -0.15) is 0 Å². The Morgan fingerprint density at radius 2 is 2.00 bits per heavy atom. The number of amides is 2. The molecule has 1 aliphatic rings. The second kappa shape index (κ2) is 7.43. The Morgan fingerprint density at radius 1 is 1.32 bits per heavy atom. The second-order valence-corrected chi connectivity index (χ2v) is 6.60. The summed E-state index contributed by atoms with van der Waals surface area (Å²) in [4.78, 5) is 28.1. The minimum Gasteiger partial charge on any atom is -0.342 e. The summed E-state index contributed by atoms with van der Waals surface area (Å²) in [6.07, 6.45) is 1.35. The van der Waals surface area contributed by atoms with Crippen molar-refractivity contribution < 1.29 is 9.59 Å². The topological polar surface area (TPSA) is 40.6 Å². The van der Waals surface area contributed by atoms with Crippen LogP contribution >= 0.6 is 0 Å². The Labute approximate surface area is 133 Å². The molecule has 4 nitrogen and oxygen atoms in total. The molecule has 0 saturated carbocycles. The van der Waals surface area contributed by atoms with E-state index in [4.69, 9.17) is 0 Å². The van der Waals surface area contributed by atoms with E-state index in [0.29, 0.717) is 25.4 Å². The van der Waals surface area contributed by atoms with Crippen LogP contribution in [-0.2, 0) is 16.1 Å². The lowest BCUT2D eigenvalue weighted by molar-refractivity contribution is -0.135. The molecule has 1 saturated heterocycles. The first-order chi connectivity index (χ1) is 10.5. The number of nitrogens with zero attached hydrogens (tertiary/aromatic N) is 2. The zero-order valence-electron chi connectivity index (χ0n) is 13.8. The number of carbonyl (C=O) groups excluding carboxylic acids is 2. The van der Waals surface area contributed by atoms with Gasteiger partial charge < -0.3 is 9.80 Å². The van der Waals surface area contributed by atoms with Crippen molar-refractivity contribution in [1.29, 1.82) is 0 Å². The minimum absolute atomic E-state index is 0.0734. The summed E-state index contributed by atoms with van der Waals surface area (Å²) in [5.74, 6) is 0.577. The zero-order valence-corrected chi connectivity index (χ0v) is 13.8. The number of benzene rings is 1. The van der Waals surface area contributed by atoms with Crippen LogP contribution in [0.5, 0.6) is 0 Å². The van der Waals surface area contributed by atoms with Crippen LogP contribution in [0, 0.1) is 11.8 Å². The fourth-order valence-electron chi connectivity index (χ4n) is 2.81. The van der Waals surface area contributed by atoms with Crippen LogP contribution in [0.4, 0.5) is 0 Å². The van der Waals surface area contributed by atoms with Crippen molar-refractivity contribution in [3.05, 3.63) is 35.9 Å². The van der Waals surface area contributed by atoms with Crippen LogP contribution in [0.25, 0.3) is 0 Å². The van der Waals surface area contributed by atoms with E-state index in [1.165, 1.54) is 0 Å². The van der Waals surface area contributed by atoms with E-state index in [1.807, 2.05) is 42.3 Å². The van der Waals surface area contributed by atoms with E-state index in [2.05, 4.69) is 13.8 Å². The monoisotopic (exact) mass is 302 g/mol. The average Bonchev–Trinajstić information content (AvgIpc) is 2.86. The molecule has 0 aliphatic carbocycles. The van der Waals surface area contributed by atoms with Crippen molar-refractivity contribution in [2.45, 2.75) is 33.2 Å². The minimum atomic E-state index is -0.187. The maximum atomic E-state index is 12.5. The molecule has 2 rings (SSSR count). The molecule has 1 aromatic carbocycles. The van der Waals surface area contributed by atoms with Crippen molar-refractivity contribution in [1.82, 2.24) is 9.80 Å². The standard InChI is InChI=1S/C18H26N2O2/c1-14(2)9-10-20-13-16(11-17(20)21)18(22)19(3)12-15-7-5-4-6-8-15/h4-8,14,16H,9-13H2,1-3H3. The molecule has 4 heteroatoms. The Morgan fingerprint density at radius 3 is 2.64 bits per heavy atom. The molecule has 0 N–H and O–H groups in total. The molecule has 0 bridgehead atoms. The summed E-state index contributed by atoms with van der Waals surface area (Å²) < 4.78 is 0. The largest absolute Gasteiger partial charge is 0.342 e. The molecular formula is C18H26N2O2. The van der Waals surface area contributed by atoms with E-state index in [9.17, 15) is 9.59 Å². The smallest absolute Gasteiger partial charge is 0.228 e. The van der Waals surface area contributed by atoms with Gasteiger partial charge in [0, 0.05) is 33.1 Å². The number of hydrogen-bond donors (Lipinski definition) is 0. The van der Waals surface area contributed by atoms with Crippen molar-refractivity contribution in [3.63, 3.8) is 0 Å². The molecule has 2 amide bonds. The van der Waals surface area contributed by atoms with Gasteiger partial charge in [0.2, 0.25) is 11.8 Å². The highest BCUT2D eigenvalue weighted by molar-refractivity contribution is 5.89. The summed E-state index contributed by atoms with van der Waals surface area (Å²) in [7, 11) is 1.82. The number of rotatable bonds is 6. The van der Waals surface area contributed by atoms with Crippen LogP contribution in [0.15, 0.2) is 30.3 Å². The predicted molar refractivity (Wildman–Crippen MR) is 87.1 cm³/mol. The van der Waals surface area contributed by atoms with Crippen molar-refractivity contribution in [2.75, 3.05) is 20.1 Å². The quantitative estimate of drug-likeness (QED) is 0.810. The first-order valence-electron chi connectivity index (χ1n) is 8.04. The fraction of sp³-hybridized carbons (Fsp3) is 0.556. The fourth-order valence-corrected chi connectivity index (χ4v) is 2.81. The van der Waals surface area contributed by atoms with Crippen LogP contribution < -0.4 is 0 Å². The number of likely N-dealkylation sites (tertiary alicyclic amines) is 1. The maximum Gasteiger partial charge on any atom is 0.228 e. The lowest BCUT2D eigenvalue weighted by atomic mass is 10.1. The van der Waals surface area contributed by atoms with Gasteiger partial charge in [0.25, 0.3) is 0 Å². The molecule has 1 heterocycles. The van der Waals surface area contributed by atoms with E-state index in [0.717, 1.165) is 18.5 Å². The number of carbonyl (C=O) groups is 2. The third-order valence-corrected chi connectivity index (χ3v) is 4.18. The van der Waals surface area contributed by atoms with Crippen molar-refractivity contribution in [2.24, 2.45) is 11.8 Å². The Kier molecular flexibility index (Phi) is 5.58. The first kappa shape index (κ1) is 16.5. The normalized spacial score (nSPS) is 18.1. The molecule has 120 valence electrons. The summed E-state index contributed by atoms with van der Waals surface area (Å²) in [5.41, 5.74) is 1.11. The molecule has 1 unspecified atom stereocenters. The van der Waals surface area contributed by atoms with Gasteiger partial charge in [-0.25, -0.2) is 0 Å². The zero-order chi connectivity index (χ0) is 16.1. The van der Waals surface area contributed by atoms with Crippen LogP contribution in [-0.4, -0.2) is 41.8 Å². The SMILES string of the molecule is CC(C)CCN1CC(C(=O)N(C)Cc2ccccc2)CC1=O. The summed E-state index contributed by atoms with van der Waals surface area (Å²) in [5, 5.41) is 0. The summed E-state index contributed by atoms with van der Waals surface area (Å²) in [6, 6.07) is 9.94. The van der Waals surface area contributed by atoms with Gasteiger partial charge in [-0.15, -0.1) is 0 Å². The Hall–Kier alpha value is -1.84. The molecular weight excluding hydrogens is 276 g/mol. The molecule has 0 radical (unpaired) electrons. The van der Waals surface area contributed by atoms with Crippen LogP contribution in [0.3, 0.4) is 0 Å². The van der Waals surface area contributed by atoms with E-state index >= 15 is 0 Å². The van der Waals surface area contributed by atoms with Crippen LogP contribution in [0.2, 0.25) is 0 Å². The summed E-state index contributed by atoms with van der Waals surface area (Å²) in [6.45, 7) is 6.23. The van der Waals surface area contributed by atoms with Gasteiger partial charge in [0.1, 0.15) is 0 Å². The van der Waals surface area contributed by atoms with Crippen molar-refractivity contribution >= 4 is 11.8 Å². The predicted octanol–water partition coefficient (Wildman–Crippen LogP) is 2.54. The highest BCUT2D eigenvalue weighted by Gasteiger charge is 2.35. The molecule has 0 aromatic heterocycles. The third-order valence-electron chi connectivity index (χ3n) is 4.18. The molecule has 1 fully saturated rings. The first-order valence-corrected chi connectivity index (χ1v) is 8.04. The van der Waals surface area contributed by atoms with Gasteiger partial charge in [0.15, 0.2) is 0 Å². The summed E-state index contributed by atoms with van der Waals surface area (Å²) >= 11 is 0. The average molecular weight is 302 g/mol.